The van der Waals surface area contributed by atoms with Gasteiger partial charge in [-0.1, -0.05) is 23.9 Å². The molecule has 1 aromatic carbocycles. The zero-order valence-electron chi connectivity index (χ0n) is 11.4. The van der Waals surface area contributed by atoms with E-state index in [-0.39, 0.29) is 11.9 Å². The van der Waals surface area contributed by atoms with Crippen LogP contribution in [0.25, 0.3) is 0 Å². The van der Waals surface area contributed by atoms with Gasteiger partial charge in [-0.2, -0.15) is 0 Å². The van der Waals surface area contributed by atoms with Gasteiger partial charge in [-0.25, -0.2) is 4.39 Å². The molecule has 0 amide bonds. The zero-order valence-corrected chi connectivity index (χ0v) is 13.0. The van der Waals surface area contributed by atoms with E-state index in [0.29, 0.717) is 10.8 Å². The second-order valence-corrected chi connectivity index (χ2v) is 6.63. The number of nitrogens with two attached hydrogens (primary N) is 1. The molecule has 0 saturated carbocycles. The summed E-state index contributed by atoms with van der Waals surface area (Å²) in [4.78, 5) is 0.679. The number of nitrogen functional groups attached to an aromatic ring is 1. The lowest BCUT2D eigenvalue weighted by Gasteiger charge is -2.11. The Hall–Kier alpha value is -1.21. The van der Waals surface area contributed by atoms with E-state index in [9.17, 15) is 4.39 Å². The third kappa shape index (κ3) is 3.67. The summed E-state index contributed by atoms with van der Waals surface area (Å²) >= 11 is 3.09. The first-order valence-electron chi connectivity index (χ1n) is 6.30. The molecule has 0 spiro atoms. The number of halogens is 1. The van der Waals surface area contributed by atoms with Gasteiger partial charge in [-0.05, 0) is 26.0 Å². The van der Waals surface area contributed by atoms with Gasteiger partial charge in [0.05, 0.1) is 0 Å². The van der Waals surface area contributed by atoms with Crippen LogP contribution in [0.15, 0.2) is 34.3 Å². The summed E-state index contributed by atoms with van der Waals surface area (Å²) in [6, 6.07) is 7.04. The van der Waals surface area contributed by atoms with Crippen molar-refractivity contribution >= 4 is 29.5 Å². The minimum atomic E-state index is -0.169. The van der Waals surface area contributed by atoms with Crippen LogP contribution in [0.1, 0.15) is 19.9 Å². The number of thioether (sulfide) groups is 2. The van der Waals surface area contributed by atoms with Crippen molar-refractivity contribution in [3.8, 4) is 0 Å². The lowest BCUT2D eigenvalue weighted by atomic mass is 10.3. The molecule has 0 atom stereocenters. The molecule has 0 fully saturated rings. The third-order valence-corrected chi connectivity index (χ3v) is 4.87. The van der Waals surface area contributed by atoms with Crippen LogP contribution in [-0.2, 0) is 0 Å². The first-order chi connectivity index (χ1) is 9.59. The van der Waals surface area contributed by atoms with Crippen molar-refractivity contribution in [2.75, 3.05) is 17.2 Å². The van der Waals surface area contributed by atoms with Gasteiger partial charge in [0.2, 0.25) is 5.95 Å². The lowest BCUT2D eigenvalue weighted by Crippen LogP contribution is -2.07. The molecule has 108 valence electrons. The SMILES string of the molecule is CC(C)n1c(N)nnc1SCCSc1ccccc1F. The maximum Gasteiger partial charge on any atom is 0.222 e. The highest BCUT2D eigenvalue weighted by atomic mass is 32.2. The van der Waals surface area contributed by atoms with Crippen LogP contribution in [0, 0.1) is 5.82 Å². The topological polar surface area (TPSA) is 56.7 Å². The monoisotopic (exact) mass is 312 g/mol. The van der Waals surface area contributed by atoms with E-state index in [0.717, 1.165) is 16.7 Å². The van der Waals surface area contributed by atoms with Crippen LogP contribution in [0.5, 0.6) is 0 Å². The van der Waals surface area contributed by atoms with E-state index in [1.54, 1.807) is 23.9 Å². The average molecular weight is 312 g/mol. The summed E-state index contributed by atoms with van der Waals surface area (Å²) in [7, 11) is 0. The summed E-state index contributed by atoms with van der Waals surface area (Å²) in [5.41, 5.74) is 5.78. The summed E-state index contributed by atoms with van der Waals surface area (Å²) in [6.45, 7) is 4.08. The van der Waals surface area contributed by atoms with Crippen LogP contribution in [0.2, 0.25) is 0 Å². The number of hydrogen-bond acceptors (Lipinski definition) is 5. The quantitative estimate of drug-likeness (QED) is 0.654. The normalized spacial score (nSPS) is 11.2. The van der Waals surface area contributed by atoms with Crippen molar-refractivity contribution in [2.45, 2.75) is 29.9 Å². The highest BCUT2D eigenvalue weighted by Crippen LogP contribution is 2.26. The second-order valence-electron chi connectivity index (χ2n) is 4.43. The minimum Gasteiger partial charge on any atom is -0.368 e. The molecular formula is C13H17FN4S2. The van der Waals surface area contributed by atoms with Gasteiger partial charge in [0.15, 0.2) is 5.16 Å². The molecule has 7 heteroatoms. The molecule has 1 heterocycles. The molecular weight excluding hydrogens is 295 g/mol. The van der Waals surface area contributed by atoms with Crippen LogP contribution < -0.4 is 5.73 Å². The Morgan fingerprint density at radius 2 is 1.90 bits per heavy atom. The standard InChI is InChI=1S/C13H17FN4S2/c1-9(2)18-12(15)16-17-13(18)20-8-7-19-11-6-4-3-5-10(11)14/h3-6,9H,7-8H2,1-2H3,(H2,15,16). The highest BCUT2D eigenvalue weighted by molar-refractivity contribution is 8.02. The maximum absolute atomic E-state index is 13.4. The molecule has 0 aliphatic heterocycles. The molecule has 0 radical (unpaired) electrons. The van der Waals surface area contributed by atoms with Gasteiger partial charge < -0.3 is 5.73 Å². The Balaban J connectivity index is 1.86. The van der Waals surface area contributed by atoms with Crippen LogP contribution in [-0.4, -0.2) is 26.3 Å². The third-order valence-electron chi connectivity index (χ3n) is 2.62. The van der Waals surface area contributed by atoms with Gasteiger partial charge in [-0.15, -0.1) is 22.0 Å². The first kappa shape index (κ1) is 15.2. The van der Waals surface area contributed by atoms with Crippen molar-refractivity contribution in [2.24, 2.45) is 0 Å². The molecule has 0 saturated heterocycles. The number of nitrogens with zero attached hydrogens (tertiary/aromatic N) is 3. The number of benzene rings is 1. The largest absolute Gasteiger partial charge is 0.368 e. The summed E-state index contributed by atoms with van der Waals surface area (Å²) in [6.07, 6.45) is 0. The molecule has 0 aliphatic carbocycles. The molecule has 4 nitrogen and oxygen atoms in total. The smallest absolute Gasteiger partial charge is 0.222 e. The number of rotatable bonds is 6. The van der Waals surface area contributed by atoms with Crippen LogP contribution in [0.4, 0.5) is 10.3 Å². The molecule has 2 rings (SSSR count). The van der Waals surface area contributed by atoms with Crippen molar-refractivity contribution < 1.29 is 4.39 Å². The molecule has 1 aromatic heterocycles. The maximum atomic E-state index is 13.4. The predicted molar refractivity (Wildman–Crippen MR) is 82.7 cm³/mol. The second kappa shape index (κ2) is 6.99. The molecule has 2 aromatic rings. The van der Waals surface area contributed by atoms with Crippen molar-refractivity contribution in [3.05, 3.63) is 30.1 Å². The van der Waals surface area contributed by atoms with Gasteiger partial charge in [-0.3, -0.25) is 4.57 Å². The van der Waals surface area contributed by atoms with Gasteiger partial charge >= 0.3 is 0 Å². The van der Waals surface area contributed by atoms with E-state index >= 15 is 0 Å². The average Bonchev–Trinajstić information content (AvgIpc) is 2.78. The van der Waals surface area contributed by atoms with E-state index in [2.05, 4.69) is 10.2 Å². The van der Waals surface area contributed by atoms with Gasteiger partial charge in [0.25, 0.3) is 0 Å². The van der Waals surface area contributed by atoms with Crippen molar-refractivity contribution in [1.82, 2.24) is 14.8 Å². The zero-order chi connectivity index (χ0) is 14.5. The van der Waals surface area contributed by atoms with Crippen LogP contribution >= 0.6 is 23.5 Å². The fraction of sp³-hybridized carbons (Fsp3) is 0.385. The van der Waals surface area contributed by atoms with Crippen LogP contribution in [0.3, 0.4) is 0 Å². The first-order valence-corrected chi connectivity index (χ1v) is 8.27. The van der Waals surface area contributed by atoms with Crippen molar-refractivity contribution in [1.29, 1.82) is 0 Å². The van der Waals surface area contributed by atoms with E-state index in [1.807, 2.05) is 24.5 Å². The molecule has 0 aliphatic rings. The summed E-state index contributed by atoms with van der Waals surface area (Å²) in [5, 5.41) is 8.77. The van der Waals surface area contributed by atoms with Gasteiger partial charge in [0, 0.05) is 22.4 Å². The molecule has 2 N–H and O–H groups in total. The van der Waals surface area contributed by atoms with E-state index in [1.165, 1.54) is 17.8 Å². The number of anilines is 1. The Morgan fingerprint density at radius 1 is 1.20 bits per heavy atom. The Bertz CT molecular complexity index is 571. The Kier molecular flexibility index (Phi) is 5.31. The summed E-state index contributed by atoms with van der Waals surface area (Å²) in [5.74, 6) is 1.89. The summed E-state index contributed by atoms with van der Waals surface area (Å²) < 4.78 is 15.3. The lowest BCUT2D eigenvalue weighted by molar-refractivity contribution is 0.557. The number of aromatic nitrogens is 3. The molecule has 20 heavy (non-hydrogen) atoms. The van der Waals surface area contributed by atoms with E-state index in [4.69, 9.17) is 5.73 Å². The fourth-order valence-corrected chi connectivity index (χ4v) is 3.71. The Morgan fingerprint density at radius 3 is 2.60 bits per heavy atom. The minimum absolute atomic E-state index is 0.169. The molecule has 0 bridgehead atoms. The molecule has 0 unspecified atom stereocenters. The Labute approximate surface area is 126 Å². The highest BCUT2D eigenvalue weighted by Gasteiger charge is 2.12. The predicted octanol–water partition coefficient (Wildman–Crippen LogP) is 3.46. The number of hydrogen-bond donors (Lipinski definition) is 1. The fourth-order valence-electron chi connectivity index (χ4n) is 1.72. The van der Waals surface area contributed by atoms with E-state index < -0.39 is 0 Å². The van der Waals surface area contributed by atoms with Crippen molar-refractivity contribution in [3.63, 3.8) is 0 Å². The van der Waals surface area contributed by atoms with Gasteiger partial charge in [0.1, 0.15) is 5.82 Å².